The third-order valence-corrected chi connectivity index (χ3v) is 11.4. The fourth-order valence-electron chi connectivity index (χ4n) is 7.37. The van der Waals surface area contributed by atoms with Crippen molar-refractivity contribution in [1.29, 1.82) is 0 Å². The van der Waals surface area contributed by atoms with Gasteiger partial charge in [0.05, 0.1) is 18.8 Å². The molecule has 1 saturated heterocycles. The summed E-state index contributed by atoms with van der Waals surface area (Å²) in [6.07, 6.45) is 7.84. The number of nitrogens with zero attached hydrogens (tertiary/aromatic N) is 3. The highest BCUT2D eigenvalue weighted by Gasteiger charge is 2.35. The van der Waals surface area contributed by atoms with Crippen LogP contribution < -0.4 is 9.46 Å². The van der Waals surface area contributed by atoms with E-state index in [9.17, 15) is 18.0 Å². The Labute approximate surface area is 267 Å². The molecule has 6 rings (SSSR count). The van der Waals surface area contributed by atoms with Gasteiger partial charge in [-0.3, -0.25) is 9.59 Å². The monoisotopic (exact) mass is 638 g/mol. The van der Waals surface area contributed by atoms with E-state index in [0.717, 1.165) is 63.5 Å². The summed E-state index contributed by atoms with van der Waals surface area (Å²) < 4.78 is 41.6. The van der Waals surface area contributed by atoms with E-state index in [2.05, 4.69) is 21.4 Å². The third-order valence-electron chi connectivity index (χ3n) is 9.96. The largest absolute Gasteiger partial charge is 0.497 e. The summed E-state index contributed by atoms with van der Waals surface area (Å²) in [5.74, 6) is 0.524. The van der Waals surface area contributed by atoms with Gasteiger partial charge in [0, 0.05) is 70.3 Å². The molecule has 1 aromatic heterocycles. The van der Waals surface area contributed by atoms with Crippen LogP contribution in [0, 0.1) is 5.92 Å². The Bertz CT molecular complexity index is 1710. The number of rotatable bonds is 7. The Balaban J connectivity index is 0.00000417. The standard InChI is InChI=1S/C34H44N4O6S.H2/c1-36(2)45(41,42)35-33(39)24-10-12-29-30(20-24)38-21-26(37(3)34(40)23-14-16-44-17-15-23)18-25-19-27(43-4)11-13-28(25)32(38)31(29)22-8-6-5-7-9-22;/h10-13,19-20,22-23,26H,5-9,14-18,21H2,1-4H3,(H,35,39);1H. The SMILES string of the molecule is COc1ccc2c(c1)CC(N(C)C(=O)C1CCOCC1)Cn1c-2c(C2CCCCC2)c2ccc(C(=O)NS(=O)(=O)N(C)C)cc21.[HH]. The van der Waals surface area contributed by atoms with Crippen LogP contribution in [0.4, 0.5) is 0 Å². The first-order valence-corrected chi connectivity index (χ1v) is 17.5. The minimum absolute atomic E-state index is 0. The minimum atomic E-state index is -3.96. The lowest BCUT2D eigenvalue weighted by atomic mass is 9.81. The predicted octanol–water partition coefficient (Wildman–Crippen LogP) is 4.96. The molecular weight excluding hydrogens is 592 g/mol. The number of likely N-dealkylation sites (N-methyl/N-ethyl adjacent to an activating group) is 1. The van der Waals surface area contributed by atoms with Gasteiger partial charge in [0.1, 0.15) is 5.75 Å². The molecule has 1 unspecified atom stereocenters. The zero-order valence-corrected chi connectivity index (χ0v) is 27.5. The van der Waals surface area contributed by atoms with Crippen LogP contribution in [0.15, 0.2) is 36.4 Å². The topological polar surface area (TPSA) is 110 Å². The summed E-state index contributed by atoms with van der Waals surface area (Å²) in [7, 11) is 2.38. The number of methoxy groups -OCH3 is 1. The van der Waals surface area contributed by atoms with E-state index >= 15 is 0 Å². The van der Waals surface area contributed by atoms with Gasteiger partial charge in [0.15, 0.2) is 0 Å². The number of amides is 2. The Hall–Kier alpha value is -3.41. The van der Waals surface area contributed by atoms with Crippen molar-refractivity contribution >= 4 is 32.9 Å². The van der Waals surface area contributed by atoms with Crippen molar-refractivity contribution < 1.29 is 28.9 Å². The van der Waals surface area contributed by atoms with Gasteiger partial charge < -0.3 is 18.9 Å². The maximum Gasteiger partial charge on any atom is 0.303 e. The van der Waals surface area contributed by atoms with Gasteiger partial charge in [-0.1, -0.05) is 25.3 Å². The summed E-state index contributed by atoms with van der Waals surface area (Å²) in [5, 5.41) is 1.07. The molecule has 0 radical (unpaired) electrons. The van der Waals surface area contributed by atoms with Crippen molar-refractivity contribution in [1.82, 2.24) is 18.5 Å². The van der Waals surface area contributed by atoms with Gasteiger partial charge in [-0.25, -0.2) is 4.72 Å². The number of hydrogen-bond acceptors (Lipinski definition) is 6. The second-order valence-corrected chi connectivity index (χ2v) is 14.8. The van der Waals surface area contributed by atoms with Crippen molar-refractivity contribution in [3.63, 3.8) is 0 Å². The molecule has 244 valence electrons. The normalized spacial score (nSPS) is 19.5. The lowest BCUT2D eigenvalue weighted by Gasteiger charge is -2.32. The first kappa shape index (κ1) is 31.6. The molecule has 2 aromatic carbocycles. The van der Waals surface area contributed by atoms with Crippen LogP contribution >= 0.6 is 0 Å². The molecule has 1 aliphatic carbocycles. The van der Waals surface area contributed by atoms with Crippen LogP contribution in [-0.4, -0.2) is 81.5 Å². The van der Waals surface area contributed by atoms with Gasteiger partial charge in [-0.15, -0.1) is 0 Å². The number of fused-ring (bicyclic) bond motifs is 5. The van der Waals surface area contributed by atoms with Crippen molar-refractivity contribution in [3.8, 4) is 17.0 Å². The zero-order valence-electron chi connectivity index (χ0n) is 26.7. The highest BCUT2D eigenvalue weighted by atomic mass is 32.2. The van der Waals surface area contributed by atoms with Crippen LogP contribution in [0.25, 0.3) is 22.2 Å². The highest BCUT2D eigenvalue weighted by Crippen LogP contribution is 2.47. The third kappa shape index (κ3) is 6.09. The summed E-state index contributed by atoms with van der Waals surface area (Å²) in [6.45, 7) is 1.74. The fraction of sp³-hybridized carbons (Fsp3) is 0.529. The fourth-order valence-corrected chi connectivity index (χ4v) is 7.90. The average molecular weight is 639 g/mol. The van der Waals surface area contributed by atoms with Gasteiger partial charge in [-0.05, 0) is 79.5 Å². The first-order chi connectivity index (χ1) is 21.6. The minimum Gasteiger partial charge on any atom is -0.497 e. The van der Waals surface area contributed by atoms with E-state index in [1.165, 1.54) is 38.9 Å². The summed E-state index contributed by atoms with van der Waals surface area (Å²) in [4.78, 5) is 29.0. The van der Waals surface area contributed by atoms with Gasteiger partial charge in [0.25, 0.3) is 5.91 Å². The number of hydrogen-bond donors (Lipinski definition) is 1. The number of carbonyl (C=O) groups excluding carboxylic acids is 2. The van der Waals surface area contributed by atoms with Gasteiger partial charge in [-0.2, -0.15) is 12.7 Å². The molecule has 3 heterocycles. The molecule has 10 nitrogen and oxygen atoms in total. The van der Waals surface area contributed by atoms with Crippen LogP contribution in [0.1, 0.15) is 73.8 Å². The van der Waals surface area contributed by atoms with Crippen molar-refractivity contribution in [2.45, 2.75) is 69.9 Å². The molecule has 3 aromatic rings. The Morgan fingerprint density at radius 2 is 1.73 bits per heavy atom. The average Bonchev–Trinajstić information content (AvgIpc) is 3.26. The van der Waals surface area contributed by atoms with E-state index in [-0.39, 0.29) is 24.9 Å². The summed E-state index contributed by atoms with van der Waals surface area (Å²) in [6, 6.07) is 11.6. The summed E-state index contributed by atoms with van der Waals surface area (Å²) >= 11 is 0. The van der Waals surface area contributed by atoms with Crippen molar-refractivity contribution in [2.75, 3.05) is 41.5 Å². The van der Waals surface area contributed by atoms with Crippen molar-refractivity contribution in [2.24, 2.45) is 5.92 Å². The van der Waals surface area contributed by atoms with Crippen LogP contribution in [0.2, 0.25) is 0 Å². The van der Waals surface area contributed by atoms with Gasteiger partial charge in [0.2, 0.25) is 5.91 Å². The Morgan fingerprint density at radius 3 is 2.42 bits per heavy atom. The van der Waals surface area contributed by atoms with E-state index in [1.54, 1.807) is 13.2 Å². The number of benzene rings is 2. The van der Waals surface area contributed by atoms with Crippen LogP contribution in [0.3, 0.4) is 0 Å². The lowest BCUT2D eigenvalue weighted by Crippen LogP contribution is -2.44. The number of carbonyl (C=O) groups is 2. The predicted molar refractivity (Wildman–Crippen MR) is 176 cm³/mol. The zero-order chi connectivity index (χ0) is 31.9. The smallest absolute Gasteiger partial charge is 0.303 e. The van der Waals surface area contributed by atoms with E-state index in [1.807, 2.05) is 30.1 Å². The van der Waals surface area contributed by atoms with Crippen LogP contribution in [0.5, 0.6) is 5.75 Å². The Kier molecular flexibility index (Phi) is 8.96. The molecule has 2 fully saturated rings. The molecule has 45 heavy (non-hydrogen) atoms. The van der Waals surface area contributed by atoms with E-state index < -0.39 is 16.1 Å². The molecule has 0 bridgehead atoms. The second-order valence-electron chi connectivity index (χ2n) is 12.9. The van der Waals surface area contributed by atoms with Gasteiger partial charge >= 0.3 is 10.2 Å². The number of aromatic nitrogens is 1. The molecule has 1 atom stereocenters. The molecule has 11 heteroatoms. The van der Waals surface area contributed by atoms with Crippen molar-refractivity contribution in [3.05, 3.63) is 53.1 Å². The van der Waals surface area contributed by atoms with Crippen LogP contribution in [-0.2, 0) is 32.7 Å². The highest BCUT2D eigenvalue weighted by molar-refractivity contribution is 7.87. The molecule has 0 spiro atoms. The molecule has 1 N–H and O–H groups in total. The quantitative estimate of drug-likeness (QED) is 0.392. The maximum atomic E-state index is 13.8. The number of nitrogens with one attached hydrogen (secondary N) is 1. The maximum absolute atomic E-state index is 13.8. The molecule has 3 aliphatic rings. The lowest BCUT2D eigenvalue weighted by molar-refractivity contribution is -0.139. The first-order valence-electron chi connectivity index (χ1n) is 16.0. The molecule has 2 amide bonds. The number of ether oxygens (including phenoxy) is 2. The molecular formula is C34H46N4O6S. The second kappa shape index (κ2) is 12.8. The van der Waals surface area contributed by atoms with E-state index in [4.69, 9.17) is 9.47 Å². The summed E-state index contributed by atoms with van der Waals surface area (Å²) in [5.41, 5.74) is 5.79. The Morgan fingerprint density at radius 1 is 1.00 bits per heavy atom. The molecule has 1 saturated carbocycles. The van der Waals surface area contributed by atoms with E-state index in [0.29, 0.717) is 32.1 Å². The molecule has 2 aliphatic heterocycles.